The zero-order valence-corrected chi connectivity index (χ0v) is 15.8. The highest BCUT2D eigenvalue weighted by Crippen LogP contribution is 2.41. The quantitative estimate of drug-likeness (QED) is 0.787. The van der Waals surface area contributed by atoms with Crippen LogP contribution in [0.25, 0.3) is 0 Å². The van der Waals surface area contributed by atoms with Gasteiger partial charge in [-0.1, -0.05) is 49.7 Å². The fourth-order valence-corrected chi connectivity index (χ4v) is 4.12. The van der Waals surface area contributed by atoms with Gasteiger partial charge in [0.05, 0.1) is 0 Å². The number of carbonyl (C=O) groups is 3. The standard InChI is InChI=1S/C22H23N3O3/c1-2-5-15-8-10-17(11-9-15)23-19(26)14-25-20(27)22(24-21(25)28)13-12-16-6-3-4-7-18(16)22/h3-4,6-11H,2,5,12-14H2,1H3,(H,23,26)(H,24,28). The molecule has 4 amide bonds. The van der Waals surface area contributed by atoms with Gasteiger partial charge in [0, 0.05) is 5.69 Å². The van der Waals surface area contributed by atoms with Crippen LogP contribution in [0.15, 0.2) is 48.5 Å². The molecule has 6 nitrogen and oxygen atoms in total. The Balaban J connectivity index is 1.46. The van der Waals surface area contributed by atoms with Crippen LogP contribution in [0.2, 0.25) is 0 Å². The first-order valence-corrected chi connectivity index (χ1v) is 9.65. The van der Waals surface area contributed by atoms with Gasteiger partial charge in [-0.3, -0.25) is 14.5 Å². The van der Waals surface area contributed by atoms with Gasteiger partial charge in [-0.15, -0.1) is 0 Å². The second kappa shape index (κ2) is 7.11. The number of hydrogen-bond acceptors (Lipinski definition) is 3. The van der Waals surface area contributed by atoms with Crippen LogP contribution in [0.3, 0.4) is 0 Å². The Morgan fingerprint density at radius 2 is 1.89 bits per heavy atom. The summed E-state index contributed by atoms with van der Waals surface area (Å²) in [6, 6.07) is 14.7. The fourth-order valence-electron chi connectivity index (χ4n) is 4.12. The van der Waals surface area contributed by atoms with Crippen LogP contribution in [0.5, 0.6) is 0 Å². The van der Waals surface area contributed by atoms with Gasteiger partial charge in [-0.05, 0) is 48.1 Å². The van der Waals surface area contributed by atoms with Crippen molar-refractivity contribution >= 4 is 23.5 Å². The number of rotatable bonds is 5. The zero-order valence-electron chi connectivity index (χ0n) is 15.8. The largest absolute Gasteiger partial charge is 0.325 e. The molecule has 1 heterocycles. The summed E-state index contributed by atoms with van der Waals surface area (Å²) in [5.41, 5.74) is 2.72. The number of fused-ring (bicyclic) bond motifs is 2. The lowest BCUT2D eigenvalue weighted by Gasteiger charge is -2.22. The lowest BCUT2D eigenvalue weighted by atomic mass is 9.92. The molecule has 1 aliphatic heterocycles. The van der Waals surface area contributed by atoms with Gasteiger partial charge < -0.3 is 10.6 Å². The molecule has 2 aromatic carbocycles. The molecule has 0 aromatic heterocycles. The maximum absolute atomic E-state index is 13.1. The molecule has 28 heavy (non-hydrogen) atoms. The Kier molecular flexibility index (Phi) is 4.63. The van der Waals surface area contributed by atoms with Crippen molar-refractivity contribution in [3.8, 4) is 0 Å². The van der Waals surface area contributed by atoms with Gasteiger partial charge in [-0.2, -0.15) is 0 Å². The van der Waals surface area contributed by atoms with Crippen molar-refractivity contribution in [3.05, 3.63) is 65.2 Å². The summed E-state index contributed by atoms with van der Waals surface area (Å²) in [5, 5.41) is 5.60. The molecule has 1 saturated heterocycles. The summed E-state index contributed by atoms with van der Waals surface area (Å²) in [4.78, 5) is 39.0. The Morgan fingerprint density at radius 1 is 1.14 bits per heavy atom. The molecule has 0 bridgehead atoms. The Hall–Kier alpha value is -3.15. The molecule has 0 radical (unpaired) electrons. The summed E-state index contributed by atoms with van der Waals surface area (Å²) in [7, 11) is 0. The monoisotopic (exact) mass is 377 g/mol. The van der Waals surface area contributed by atoms with Crippen molar-refractivity contribution in [3.63, 3.8) is 0 Å². The highest BCUT2D eigenvalue weighted by atomic mass is 16.2. The van der Waals surface area contributed by atoms with E-state index in [2.05, 4.69) is 17.6 Å². The molecule has 2 aliphatic rings. The maximum Gasteiger partial charge on any atom is 0.325 e. The van der Waals surface area contributed by atoms with E-state index >= 15 is 0 Å². The predicted octanol–water partition coefficient (Wildman–Crippen LogP) is 2.97. The summed E-state index contributed by atoms with van der Waals surface area (Å²) < 4.78 is 0. The summed E-state index contributed by atoms with van der Waals surface area (Å²) in [5.74, 6) is -0.744. The number of imide groups is 1. The lowest BCUT2D eigenvalue weighted by molar-refractivity contribution is -0.134. The van der Waals surface area contributed by atoms with Crippen molar-refractivity contribution in [2.45, 2.75) is 38.1 Å². The molecule has 2 aromatic rings. The maximum atomic E-state index is 13.1. The number of hydrogen-bond donors (Lipinski definition) is 2. The van der Waals surface area contributed by atoms with Gasteiger partial charge in [0.25, 0.3) is 5.91 Å². The second-order valence-corrected chi connectivity index (χ2v) is 7.38. The predicted molar refractivity (Wildman–Crippen MR) is 106 cm³/mol. The minimum absolute atomic E-state index is 0.300. The average molecular weight is 377 g/mol. The van der Waals surface area contributed by atoms with Crippen molar-refractivity contribution < 1.29 is 14.4 Å². The van der Waals surface area contributed by atoms with E-state index in [4.69, 9.17) is 0 Å². The van der Waals surface area contributed by atoms with Crippen molar-refractivity contribution in [1.82, 2.24) is 10.2 Å². The molecule has 2 N–H and O–H groups in total. The average Bonchev–Trinajstić information content (AvgIpc) is 3.17. The smallest absolute Gasteiger partial charge is 0.325 e. The number of aryl methyl sites for hydroxylation is 2. The molecule has 1 unspecified atom stereocenters. The summed E-state index contributed by atoms with van der Waals surface area (Å²) in [6.45, 7) is 1.81. The fraction of sp³-hybridized carbons (Fsp3) is 0.318. The number of amides is 4. The highest BCUT2D eigenvalue weighted by molar-refractivity contribution is 6.10. The van der Waals surface area contributed by atoms with Crippen LogP contribution < -0.4 is 10.6 Å². The molecule has 1 aliphatic carbocycles. The Bertz CT molecular complexity index is 938. The third kappa shape index (κ3) is 3.05. The van der Waals surface area contributed by atoms with Gasteiger partial charge in [0.15, 0.2) is 0 Å². The van der Waals surface area contributed by atoms with Crippen LogP contribution in [0.1, 0.15) is 36.5 Å². The van der Waals surface area contributed by atoms with Gasteiger partial charge in [0.2, 0.25) is 5.91 Å². The lowest BCUT2D eigenvalue weighted by Crippen LogP contribution is -2.42. The van der Waals surface area contributed by atoms with Crippen LogP contribution in [0, 0.1) is 0 Å². The van der Waals surface area contributed by atoms with Crippen LogP contribution >= 0.6 is 0 Å². The number of nitrogens with zero attached hydrogens (tertiary/aromatic N) is 1. The van der Waals surface area contributed by atoms with E-state index in [1.165, 1.54) is 5.56 Å². The number of urea groups is 1. The molecule has 1 spiro atoms. The van der Waals surface area contributed by atoms with Gasteiger partial charge in [0.1, 0.15) is 12.1 Å². The minimum Gasteiger partial charge on any atom is -0.325 e. The van der Waals surface area contributed by atoms with E-state index in [0.717, 1.165) is 35.3 Å². The molecular weight excluding hydrogens is 354 g/mol. The van der Waals surface area contributed by atoms with E-state index in [-0.39, 0.29) is 12.5 Å². The van der Waals surface area contributed by atoms with Crippen molar-refractivity contribution in [2.24, 2.45) is 0 Å². The molecule has 1 atom stereocenters. The number of anilines is 1. The third-order valence-electron chi connectivity index (χ3n) is 5.50. The molecular formula is C22H23N3O3. The number of benzene rings is 2. The minimum atomic E-state index is -1.03. The van der Waals surface area contributed by atoms with Crippen LogP contribution in [-0.2, 0) is 28.0 Å². The SMILES string of the molecule is CCCc1ccc(NC(=O)CN2C(=O)NC3(CCc4ccccc43)C2=O)cc1. The first-order chi connectivity index (χ1) is 13.5. The first kappa shape index (κ1) is 18.2. The number of carbonyl (C=O) groups excluding carboxylic acids is 3. The topological polar surface area (TPSA) is 78.5 Å². The van der Waals surface area contributed by atoms with E-state index in [1.807, 2.05) is 48.5 Å². The Labute approximate surface area is 163 Å². The highest BCUT2D eigenvalue weighted by Gasteiger charge is 2.55. The van der Waals surface area contributed by atoms with Crippen LogP contribution in [-0.4, -0.2) is 29.3 Å². The molecule has 4 rings (SSSR count). The van der Waals surface area contributed by atoms with E-state index < -0.39 is 17.5 Å². The van der Waals surface area contributed by atoms with Crippen molar-refractivity contribution in [2.75, 3.05) is 11.9 Å². The van der Waals surface area contributed by atoms with Gasteiger partial charge >= 0.3 is 6.03 Å². The Morgan fingerprint density at radius 3 is 2.64 bits per heavy atom. The van der Waals surface area contributed by atoms with Crippen molar-refractivity contribution in [1.29, 1.82) is 0 Å². The molecule has 144 valence electrons. The third-order valence-corrected chi connectivity index (χ3v) is 5.50. The van der Waals surface area contributed by atoms with E-state index in [1.54, 1.807) is 0 Å². The number of nitrogens with one attached hydrogen (secondary N) is 2. The normalized spacial score (nSPS) is 20.4. The van der Waals surface area contributed by atoms with Crippen LogP contribution in [0.4, 0.5) is 10.5 Å². The van der Waals surface area contributed by atoms with Gasteiger partial charge in [-0.25, -0.2) is 4.79 Å². The zero-order chi connectivity index (χ0) is 19.7. The molecule has 0 saturated carbocycles. The summed E-state index contributed by atoms with van der Waals surface area (Å²) in [6.07, 6.45) is 3.29. The first-order valence-electron chi connectivity index (χ1n) is 9.65. The van der Waals surface area contributed by atoms with E-state index in [9.17, 15) is 14.4 Å². The second-order valence-electron chi connectivity index (χ2n) is 7.38. The molecule has 6 heteroatoms. The van der Waals surface area contributed by atoms with E-state index in [0.29, 0.717) is 12.1 Å². The summed E-state index contributed by atoms with van der Waals surface area (Å²) >= 11 is 0. The molecule has 1 fully saturated rings.